The molecule has 1 aliphatic heterocycles. The summed E-state index contributed by atoms with van der Waals surface area (Å²) in [5.41, 5.74) is 0.357. The molecular formula is C17H15Cl3N2O3S. The predicted octanol–water partition coefficient (Wildman–Crippen LogP) is 4.68. The Labute approximate surface area is 166 Å². The van der Waals surface area contributed by atoms with Crippen LogP contribution in [0.15, 0.2) is 41.3 Å². The molecule has 0 radical (unpaired) electrons. The molecule has 0 atom stereocenters. The highest BCUT2D eigenvalue weighted by Crippen LogP contribution is 2.31. The summed E-state index contributed by atoms with van der Waals surface area (Å²) in [6, 6.07) is 8.90. The number of nitrogens with zero attached hydrogens (tertiary/aromatic N) is 1. The van der Waals surface area contributed by atoms with Gasteiger partial charge in [0.1, 0.15) is 0 Å². The number of hydrogen-bond acceptors (Lipinski definition) is 3. The first-order valence-electron chi connectivity index (χ1n) is 7.86. The number of rotatable bonds is 4. The number of benzene rings is 2. The number of halogens is 3. The van der Waals surface area contributed by atoms with Crippen LogP contribution in [-0.2, 0) is 10.0 Å². The fourth-order valence-electron chi connectivity index (χ4n) is 2.71. The Hall–Kier alpha value is -1.31. The number of amides is 1. The molecule has 2 aromatic carbocycles. The summed E-state index contributed by atoms with van der Waals surface area (Å²) in [4.78, 5) is 12.6. The highest BCUT2D eigenvalue weighted by Gasteiger charge is 2.28. The molecule has 0 aromatic heterocycles. The zero-order valence-corrected chi connectivity index (χ0v) is 16.6. The van der Waals surface area contributed by atoms with Crippen molar-refractivity contribution < 1.29 is 13.2 Å². The van der Waals surface area contributed by atoms with Gasteiger partial charge >= 0.3 is 0 Å². The summed E-state index contributed by atoms with van der Waals surface area (Å²) in [7, 11) is -3.65. The van der Waals surface area contributed by atoms with Crippen LogP contribution in [0.25, 0.3) is 0 Å². The molecule has 2 aromatic rings. The average Bonchev–Trinajstić information content (AvgIpc) is 3.14. The molecule has 9 heteroatoms. The molecule has 1 saturated heterocycles. The maximum atomic E-state index is 12.7. The van der Waals surface area contributed by atoms with Gasteiger partial charge in [-0.05, 0) is 43.2 Å². The van der Waals surface area contributed by atoms with Gasteiger partial charge in [-0.25, -0.2) is 8.42 Å². The number of hydrogen-bond donors (Lipinski definition) is 1. The van der Waals surface area contributed by atoms with Crippen molar-refractivity contribution in [3.63, 3.8) is 0 Å². The minimum absolute atomic E-state index is 0.0335. The van der Waals surface area contributed by atoms with E-state index in [0.717, 1.165) is 12.8 Å². The topological polar surface area (TPSA) is 66.5 Å². The molecule has 3 rings (SSSR count). The molecule has 0 spiro atoms. The first kappa shape index (κ1) is 19.5. The van der Waals surface area contributed by atoms with Crippen LogP contribution in [0, 0.1) is 0 Å². The Morgan fingerprint density at radius 1 is 1.00 bits per heavy atom. The SMILES string of the molecule is O=C(Nc1cccc(Cl)c1Cl)c1cc(S(=O)(=O)N2CCCC2)ccc1Cl. The van der Waals surface area contributed by atoms with E-state index in [0.29, 0.717) is 23.8 Å². The summed E-state index contributed by atoms with van der Waals surface area (Å²) >= 11 is 18.1. The van der Waals surface area contributed by atoms with E-state index in [-0.39, 0.29) is 20.5 Å². The van der Waals surface area contributed by atoms with Crippen LogP contribution in [-0.4, -0.2) is 31.7 Å². The Balaban J connectivity index is 1.92. The van der Waals surface area contributed by atoms with Gasteiger partial charge in [0.15, 0.2) is 0 Å². The standard InChI is InChI=1S/C17H15Cl3N2O3S/c18-13-7-6-11(26(24,25)22-8-1-2-9-22)10-12(13)17(23)21-15-5-3-4-14(19)16(15)20/h3-7,10H,1-2,8-9H2,(H,21,23). The predicted molar refractivity (Wildman–Crippen MR) is 104 cm³/mol. The fraction of sp³-hybridized carbons (Fsp3) is 0.235. The number of carbonyl (C=O) groups excluding carboxylic acids is 1. The second kappa shape index (κ2) is 7.74. The maximum Gasteiger partial charge on any atom is 0.257 e. The third kappa shape index (κ3) is 3.85. The second-order valence-electron chi connectivity index (χ2n) is 5.81. The van der Waals surface area contributed by atoms with Gasteiger partial charge in [0.2, 0.25) is 10.0 Å². The van der Waals surface area contributed by atoms with Gasteiger partial charge in [0, 0.05) is 13.1 Å². The van der Waals surface area contributed by atoms with E-state index in [1.54, 1.807) is 18.2 Å². The zero-order chi connectivity index (χ0) is 18.9. The smallest absolute Gasteiger partial charge is 0.257 e. The molecule has 138 valence electrons. The first-order chi connectivity index (χ1) is 12.3. The van der Waals surface area contributed by atoms with E-state index >= 15 is 0 Å². The van der Waals surface area contributed by atoms with Crippen LogP contribution in [0.3, 0.4) is 0 Å². The van der Waals surface area contributed by atoms with E-state index in [9.17, 15) is 13.2 Å². The molecule has 0 unspecified atom stereocenters. The van der Waals surface area contributed by atoms with Crippen LogP contribution < -0.4 is 5.32 Å². The van der Waals surface area contributed by atoms with Gasteiger partial charge in [-0.1, -0.05) is 40.9 Å². The largest absolute Gasteiger partial charge is 0.321 e. The lowest BCUT2D eigenvalue weighted by molar-refractivity contribution is 0.102. The summed E-state index contributed by atoms with van der Waals surface area (Å²) < 4.78 is 26.8. The van der Waals surface area contributed by atoms with Crippen LogP contribution in [0.2, 0.25) is 15.1 Å². The normalized spacial score (nSPS) is 15.2. The number of nitrogens with one attached hydrogen (secondary N) is 1. The molecule has 5 nitrogen and oxygen atoms in total. The van der Waals surface area contributed by atoms with E-state index in [1.165, 1.54) is 22.5 Å². The third-order valence-corrected chi connectivity index (χ3v) is 7.13. The van der Waals surface area contributed by atoms with E-state index in [1.807, 2.05) is 0 Å². The lowest BCUT2D eigenvalue weighted by atomic mass is 10.2. The Morgan fingerprint density at radius 2 is 1.69 bits per heavy atom. The van der Waals surface area contributed by atoms with E-state index in [2.05, 4.69) is 5.32 Å². The van der Waals surface area contributed by atoms with E-state index in [4.69, 9.17) is 34.8 Å². The number of sulfonamides is 1. The van der Waals surface area contributed by atoms with Crippen LogP contribution in [0.5, 0.6) is 0 Å². The number of carbonyl (C=O) groups is 1. The van der Waals surface area contributed by atoms with Crippen molar-refractivity contribution >= 4 is 56.4 Å². The number of anilines is 1. The Bertz CT molecular complexity index is 958. The van der Waals surface area contributed by atoms with Gasteiger partial charge in [0.25, 0.3) is 5.91 Å². The van der Waals surface area contributed by atoms with Gasteiger partial charge in [0.05, 0.1) is 31.2 Å². The van der Waals surface area contributed by atoms with Crippen molar-refractivity contribution in [1.82, 2.24) is 4.31 Å². The zero-order valence-electron chi connectivity index (χ0n) is 13.5. The minimum atomic E-state index is -3.65. The first-order valence-corrected chi connectivity index (χ1v) is 10.4. The van der Waals surface area contributed by atoms with Gasteiger partial charge in [-0.3, -0.25) is 4.79 Å². The van der Waals surface area contributed by atoms with E-state index < -0.39 is 15.9 Å². The lowest BCUT2D eigenvalue weighted by Gasteiger charge is -2.16. The highest BCUT2D eigenvalue weighted by molar-refractivity contribution is 7.89. The minimum Gasteiger partial charge on any atom is -0.321 e. The van der Waals surface area contributed by atoms with Crippen molar-refractivity contribution in [1.29, 1.82) is 0 Å². The molecule has 0 aliphatic carbocycles. The monoisotopic (exact) mass is 432 g/mol. The molecule has 1 heterocycles. The van der Waals surface area contributed by atoms with Crippen molar-refractivity contribution in [2.24, 2.45) is 0 Å². The van der Waals surface area contributed by atoms with Crippen molar-refractivity contribution in [3.8, 4) is 0 Å². The quantitative estimate of drug-likeness (QED) is 0.761. The summed E-state index contributed by atoms with van der Waals surface area (Å²) in [5.74, 6) is -0.572. The summed E-state index contributed by atoms with van der Waals surface area (Å²) in [6.07, 6.45) is 1.65. The van der Waals surface area contributed by atoms with Crippen molar-refractivity contribution in [3.05, 3.63) is 57.0 Å². The second-order valence-corrected chi connectivity index (χ2v) is 8.94. The van der Waals surface area contributed by atoms with Crippen molar-refractivity contribution in [2.45, 2.75) is 17.7 Å². The van der Waals surface area contributed by atoms with Gasteiger partial charge < -0.3 is 5.32 Å². The average molecular weight is 434 g/mol. The van der Waals surface area contributed by atoms with Crippen LogP contribution in [0.1, 0.15) is 23.2 Å². The highest BCUT2D eigenvalue weighted by atomic mass is 35.5. The van der Waals surface area contributed by atoms with Gasteiger partial charge in [-0.15, -0.1) is 0 Å². The molecule has 1 fully saturated rings. The van der Waals surface area contributed by atoms with Crippen LogP contribution >= 0.6 is 34.8 Å². The summed E-state index contributed by atoms with van der Waals surface area (Å²) in [5, 5.41) is 3.23. The molecule has 0 saturated carbocycles. The third-order valence-electron chi connectivity index (χ3n) is 4.09. The maximum absolute atomic E-state index is 12.7. The molecule has 1 amide bonds. The molecule has 1 aliphatic rings. The lowest BCUT2D eigenvalue weighted by Crippen LogP contribution is -2.28. The Morgan fingerprint density at radius 3 is 2.38 bits per heavy atom. The van der Waals surface area contributed by atoms with Crippen LogP contribution in [0.4, 0.5) is 5.69 Å². The fourth-order valence-corrected chi connectivity index (χ4v) is 4.80. The molecule has 0 bridgehead atoms. The van der Waals surface area contributed by atoms with Gasteiger partial charge in [-0.2, -0.15) is 4.31 Å². The Kier molecular flexibility index (Phi) is 5.79. The molecule has 26 heavy (non-hydrogen) atoms. The molecule has 1 N–H and O–H groups in total. The summed E-state index contributed by atoms with van der Waals surface area (Å²) in [6.45, 7) is 0.954. The molecular weight excluding hydrogens is 419 g/mol. The van der Waals surface area contributed by atoms with Crippen molar-refractivity contribution in [2.75, 3.05) is 18.4 Å².